The summed E-state index contributed by atoms with van der Waals surface area (Å²) in [5.74, 6) is 0. The Kier molecular flexibility index (Phi) is 4.84. The smallest absolute Gasteiger partial charge is 0.306 e. The first-order valence-corrected chi connectivity index (χ1v) is 5.24. The Hall–Kier alpha value is 0.0400. The summed E-state index contributed by atoms with van der Waals surface area (Å²) < 4.78 is 28.4. The Morgan fingerprint density at radius 2 is 2.18 bits per heavy atom. The van der Waals surface area contributed by atoms with E-state index < -0.39 is 16.1 Å². The van der Waals surface area contributed by atoms with Gasteiger partial charge in [0.05, 0.1) is 6.61 Å². The van der Waals surface area contributed by atoms with Gasteiger partial charge in [0.15, 0.2) is 0 Å². The molecule has 1 atom stereocenters. The fourth-order valence-corrected chi connectivity index (χ4v) is 1.49. The van der Waals surface area contributed by atoms with Crippen LogP contribution in [0.5, 0.6) is 0 Å². The van der Waals surface area contributed by atoms with E-state index in [4.69, 9.17) is 9.79 Å². The molecule has 0 aliphatic carbocycles. The van der Waals surface area contributed by atoms with Crippen molar-refractivity contribution in [2.45, 2.75) is 0 Å². The van der Waals surface area contributed by atoms with Gasteiger partial charge < -0.3 is 14.3 Å². The molecule has 6 nitrogen and oxygen atoms in total. The van der Waals surface area contributed by atoms with Crippen molar-refractivity contribution in [1.82, 2.24) is 0 Å². The van der Waals surface area contributed by atoms with Crippen LogP contribution in [0.4, 0.5) is 0 Å². The van der Waals surface area contributed by atoms with Crippen molar-refractivity contribution in [3.8, 4) is 0 Å². The second-order valence-electron chi connectivity index (χ2n) is 1.43. The lowest BCUT2D eigenvalue weighted by Crippen LogP contribution is -1.83. The molecule has 11 heavy (non-hydrogen) atoms. The summed E-state index contributed by atoms with van der Waals surface area (Å²) in [6, 6.07) is 0. The van der Waals surface area contributed by atoms with Crippen LogP contribution in [0.15, 0.2) is 12.7 Å². The average molecular weight is 202 g/mol. The maximum Gasteiger partial charge on any atom is 0.476 e. The normalized spacial score (nSPS) is 14.4. The van der Waals surface area contributed by atoms with Gasteiger partial charge in [-0.25, -0.2) is 8.88 Å². The van der Waals surface area contributed by atoms with E-state index in [1.807, 2.05) is 0 Å². The zero-order valence-corrected chi connectivity index (χ0v) is 7.36. The van der Waals surface area contributed by atoms with Crippen LogP contribution in [0, 0.1) is 0 Å². The van der Waals surface area contributed by atoms with Gasteiger partial charge in [-0.15, -0.1) is 6.58 Å². The van der Waals surface area contributed by atoms with Crippen LogP contribution >= 0.6 is 16.1 Å². The van der Waals surface area contributed by atoms with E-state index in [2.05, 4.69) is 15.4 Å². The zero-order chi connectivity index (χ0) is 8.91. The Morgan fingerprint density at radius 1 is 1.64 bits per heavy atom. The standard InChI is InChI=1S/C3H8O6P2/c1-2-3-8-10(4)9-11(5,6)7/h2,10H,1,3H2,(H2,5,6,7). The summed E-state index contributed by atoms with van der Waals surface area (Å²) in [7, 11) is -7.78. The molecule has 66 valence electrons. The van der Waals surface area contributed by atoms with Crippen LogP contribution in [0.1, 0.15) is 0 Å². The van der Waals surface area contributed by atoms with E-state index in [1.54, 1.807) is 0 Å². The molecule has 0 aromatic rings. The van der Waals surface area contributed by atoms with E-state index in [-0.39, 0.29) is 6.61 Å². The summed E-state index contributed by atoms with van der Waals surface area (Å²) in [6.07, 6.45) is 1.28. The van der Waals surface area contributed by atoms with Gasteiger partial charge in [0.25, 0.3) is 0 Å². The summed E-state index contributed by atoms with van der Waals surface area (Å²) in [4.78, 5) is 16.2. The Bertz CT molecular complexity index is 194. The molecule has 0 saturated carbocycles. The third-order valence-electron chi connectivity index (χ3n) is 0.512. The highest BCUT2D eigenvalue weighted by atomic mass is 31.2. The number of rotatable bonds is 5. The van der Waals surface area contributed by atoms with Crippen molar-refractivity contribution in [2.24, 2.45) is 0 Å². The molecule has 0 rings (SSSR count). The molecule has 0 bridgehead atoms. The predicted molar refractivity (Wildman–Crippen MR) is 38.3 cm³/mol. The number of hydrogen-bond acceptors (Lipinski definition) is 4. The zero-order valence-electron chi connectivity index (χ0n) is 5.47. The quantitative estimate of drug-likeness (QED) is 0.503. The van der Waals surface area contributed by atoms with Gasteiger partial charge >= 0.3 is 16.1 Å². The molecule has 0 amide bonds. The van der Waals surface area contributed by atoms with Crippen molar-refractivity contribution >= 4 is 16.1 Å². The number of hydrogen-bond donors (Lipinski definition) is 2. The molecule has 1 unspecified atom stereocenters. The molecule has 2 N–H and O–H groups in total. The van der Waals surface area contributed by atoms with E-state index in [0.717, 1.165) is 0 Å². The Morgan fingerprint density at radius 3 is 2.55 bits per heavy atom. The molecule has 0 heterocycles. The van der Waals surface area contributed by atoms with Crippen LogP contribution in [-0.2, 0) is 18.0 Å². The lowest BCUT2D eigenvalue weighted by atomic mass is 10.7. The molecule has 8 heteroatoms. The third kappa shape index (κ3) is 7.94. The largest absolute Gasteiger partial charge is 0.476 e. The van der Waals surface area contributed by atoms with Crippen molar-refractivity contribution in [3.63, 3.8) is 0 Å². The highest BCUT2D eigenvalue weighted by Crippen LogP contribution is 2.47. The molecule has 0 spiro atoms. The summed E-state index contributed by atoms with van der Waals surface area (Å²) >= 11 is 0. The van der Waals surface area contributed by atoms with Gasteiger partial charge in [-0.3, -0.25) is 4.57 Å². The third-order valence-corrected chi connectivity index (χ3v) is 2.46. The van der Waals surface area contributed by atoms with Crippen molar-refractivity contribution in [3.05, 3.63) is 12.7 Å². The molecule has 0 radical (unpaired) electrons. The molecular weight excluding hydrogens is 194 g/mol. The van der Waals surface area contributed by atoms with Crippen LogP contribution in [0.25, 0.3) is 0 Å². The van der Waals surface area contributed by atoms with Crippen molar-refractivity contribution < 1.29 is 27.8 Å². The van der Waals surface area contributed by atoms with Gasteiger partial charge in [0.2, 0.25) is 0 Å². The van der Waals surface area contributed by atoms with Gasteiger partial charge in [0.1, 0.15) is 0 Å². The monoisotopic (exact) mass is 202 g/mol. The molecule has 0 aromatic carbocycles. The molecule has 0 saturated heterocycles. The first-order valence-electron chi connectivity index (χ1n) is 2.48. The first-order chi connectivity index (χ1) is 4.95. The molecule has 0 aliphatic heterocycles. The highest BCUT2D eigenvalue weighted by molar-refractivity contribution is 7.55. The highest BCUT2D eigenvalue weighted by Gasteiger charge is 2.18. The fourth-order valence-electron chi connectivity index (χ4n) is 0.250. The maximum absolute atomic E-state index is 10.4. The molecule has 0 aromatic heterocycles. The SMILES string of the molecule is C=CCO[PH](=O)OP(=O)(O)O. The number of phosphoric acid groups is 1. The summed E-state index contributed by atoms with van der Waals surface area (Å²) in [5.41, 5.74) is 0. The van der Waals surface area contributed by atoms with Gasteiger partial charge in [-0.2, -0.15) is 0 Å². The topological polar surface area (TPSA) is 93.1 Å². The average Bonchev–Trinajstić information content (AvgIpc) is 1.79. The second kappa shape index (κ2) is 4.83. The van der Waals surface area contributed by atoms with Crippen LogP contribution in [-0.4, -0.2) is 16.4 Å². The van der Waals surface area contributed by atoms with Gasteiger partial charge in [0, 0.05) is 0 Å². The minimum absolute atomic E-state index is 0.0716. The van der Waals surface area contributed by atoms with Gasteiger partial charge in [-0.1, -0.05) is 6.08 Å². The maximum atomic E-state index is 10.4. The van der Waals surface area contributed by atoms with E-state index >= 15 is 0 Å². The first kappa shape index (κ1) is 11.0. The minimum atomic E-state index is -4.69. The van der Waals surface area contributed by atoms with E-state index in [0.29, 0.717) is 0 Å². The second-order valence-corrected chi connectivity index (χ2v) is 3.93. The van der Waals surface area contributed by atoms with Crippen molar-refractivity contribution in [1.29, 1.82) is 0 Å². The summed E-state index contributed by atoms with van der Waals surface area (Å²) in [5, 5.41) is 0. The minimum Gasteiger partial charge on any atom is -0.306 e. The Balaban J connectivity index is 3.70. The van der Waals surface area contributed by atoms with Gasteiger partial charge in [-0.05, 0) is 0 Å². The Labute approximate surface area is 64.0 Å². The summed E-state index contributed by atoms with van der Waals surface area (Å²) in [6.45, 7) is 3.16. The van der Waals surface area contributed by atoms with Crippen molar-refractivity contribution in [2.75, 3.05) is 6.61 Å². The lowest BCUT2D eigenvalue weighted by molar-refractivity contribution is 0.252. The van der Waals surface area contributed by atoms with Crippen LogP contribution in [0.2, 0.25) is 0 Å². The molecule has 0 aliphatic rings. The van der Waals surface area contributed by atoms with Crippen LogP contribution in [0.3, 0.4) is 0 Å². The predicted octanol–water partition coefficient (Wildman–Crippen LogP) is 0.688. The van der Waals surface area contributed by atoms with E-state index in [9.17, 15) is 9.13 Å². The van der Waals surface area contributed by atoms with Crippen LogP contribution < -0.4 is 0 Å². The molecule has 0 fully saturated rings. The van der Waals surface area contributed by atoms with E-state index in [1.165, 1.54) is 6.08 Å². The lowest BCUT2D eigenvalue weighted by Gasteiger charge is -2.03. The molecular formula is C3H8O6P2. The fraction of sp³-hybridized carbons (Fsp3) is 0.333.